The van der Waals surface area contributed by atoms with Gasteiger partial charge in [0, 0.05) is 22.5 Å². The molecule has 3 rings (SSSR count). The quantitative estimate of drug-likeness (QED) is 0.655. The Labute approximate surface area is 135 Å². The smallest absolute Gasteiger partial charge is 0.309 e. The molecule has 3 aromatic rings. The number of nitrogens with zero attached hydrogens (tertiary/aromatic N) is 2. The summed E-state index contributed by atoms with van der Waals surface area (Å²) in [4.78, 5) is 5.82. The monoisotopic (exact) mass is 304 g/mol. The van der Waals surface area contributed by atoms with Gasteiger partial charge in [-0.3, -0.25) is 0 Å². The minimum atomic E-state index is 0.737. The number of hydrogen-bond donors (Lipinski definition) is 0. The van der Waals surface area contributed by atoms with Gasteiger partial charge in [0.1, 0.15) is 0 Å². The van der Waals surface area contributed by atoms with Crippen molar-refractivity contribution in [3.63, 3.8) is 0 Å². The molecule has 22 heavy (non-hydrogen) atoms. The molecule has 0 unspecified atom stereocenters. The van der Waals surface area contributed by atoms with Gasteiger partial charge in [-0.1, -0.05) is 44.0 Å². The van der Waals surface area contributed by atoms with Gasteiger partial charge < -0.3 is 4.48 Å². The van der Waals surface area contributed by atoms with Gasteiger partial charge in [0.15, 0.2) is 0 Å². The molecule has 108 valence electrons. The number of thiazole rings is 1. The summed E-state index contributed by atoms with van der Waals surface area (Å²) in [6.45, 7) is 13.9. The lowest BCUT2D eigenvalue weighted by molar-refractivity contribution is 1.12. The molecule has 0 N–H and O–H groups in total. The number of aromatic nitrogens is 2. The first-order chi connectivity index (χ1) is 10.7. The van der Waals surface area contributed by atoms with Crippen LogP contribution in [0.1, 0.15) is 22.5 Å². The highest BCUT2D eigenvalue weighted by molar-refractivity contribution is 7.26. The van der Waals surface area contributed by atoms with Crippen molar-refractivity contribution >= 4 is 52.1 Å². The first kappa shape index (κ1) is 14.6. The third-order valence-electron chi connectivity index (χ3n) is 3.88. The van der Waals surface area contributed by atoms with Crippen LogP contribution in [0.25, 0.3) is 28.4 Å². The lowest BCUT2D eigenvalue weighted by Crippen LogP contribution is -2.23. The molecule has 0 fully saturated rings. The van der Waals surface area contributed by atoms with Gasteiger partial charge in [-0.25, -0.2) is 4.98 Å². The highest BCUT2D eigenvalue weighted by Crippen LogP contribution is 2.25. The van der Waals surface area contributed by atoms with Gasteiger partial charge in [-0.2, -0.15) is 0 Å². The molecule has 0 saturated carbocycles. The van der Waals surface area contributed by atoms with Crippen LogP contribution in [0.15, 0.2) is 44.0 Å². The maximum Gasteiger partial charge on any atom is 0.309 e. The van der Waals surface area contributed by atoms with E-state index in [1.54, 1.807) is 11.3 Å². The molecule has 0 spiro atoms. The van der Waals surface area contributed by atoms with Crippen molar-refractivity contribution in [1.82, 2.24) is 9.46 Å². The summed E-state index contributed by atoms with van der Waals surface area (Å²) < 4.78 is 3.45. The van der Waals surface area contributed by atoms with Crippen LogP contribution in [0.2, 0.25) is 0 Å². The van der Waals surface area contributed by atoms with Gasteiger partial charge in [0.25, 0.3) is 0 Å². The van der Waals surface area contributed by atoms with Crippen molar-refractivity contribution in [3.05, 3.63) is 66.5 Å². The predicted molar refractivity (Wildman–Crippen MR) is 101 cm³/mol. The van der Waals surface area contributed by atoms with E-state index in [1.165, 1.54) is 10.4 Å². The molecule has 0 radical (unpaired) electrons. The number of rotatable bonds is 5. The molecular weight excluding hydrogens is 287 g/mol. The Morgan fingerprint density at radius 1 is 1.09 bits per heavy atom. The van der Waals surface area contributed by atoms with E-state index >= 15 is 0 Å². The van der Waals surface area contributed by atoms with E-state index in [0.29, 0.717) is 0 Å². The molecule has 0 saturated heterocycles. The van der Waals surface area contributed by atoms with Crippen LogP contribution < -0.4 is 4.91 Å². The topological polar surface area (TPSA) is 17.8 Å². The lowest BCUT2D eigenvalue weighted by atomic mass is 9.94. The number of benzene rings is 1. The van der Waals surface area contributed by atoms with Crippen LogP contribution in [0.5, 0.6) is 0 Å². The zero-order valence-electron chi connectivity index (χ0n) is 12.7. The molecular formula is C18H17BN2S. The Hall–Kier alpha value is -2.33. The molecule has 0 aliphatic carbocycles. The van der Waals surface area contributed by atoms with Gasteiger partial charge in [0.05, 0.1) is 15.1 Å². The molecule has 4 heteroatoms. The fraction of sp³-hybridized carbons (Fsp3) is 0.0556. The Balaban J connectivity index is 2.11. The minimum absolute atomic E-state index is 0.737. The zero-order chi connectivity index (χ0) is 15.7. The second-order valence-electron chi connectivity index (χ2n) is 5.07. The summed E-state index contributed by atoms with van der Waals surface area (Å²) >= 11 is 1.73. The third-order valence-corrected chi connectivity index (χ3v) is 4.91. The molecule has 2 heterocycles. The van der Waals surface area contributed by atoms with Crippen molar-refractivity contribution in [2.75, 3.05) is 0 Å². The first-order valence-electron chi connectivity index (χ1n) is 7.14. The fourth-order valence-electron chi connectivity index (χ4n) is 2.82. The van der Waals surface area contributed by atoms with E-state index in [9.17, 15) is 0 Å². The van der Waals surface area contributed by atoms with Gasteiger partial charge in [-0.05, 0) is 25.1 Å². The molecule has 0 amide bonds. The Bertz CT molecular complexity index is 853. The molecule has 0 aliphatic rings. The Morgan fingerprint density at radius 3 is 2.45 bits per heavy atom. The summed E-state index contributed by atoms with van der Waals surface area (Å²) in [6, 6.07) is 8.23. The van der Waals surface area contributed by atoms with Crippen molar-refractivity contribution in [2.24, 2.45) is 0 Å². The summed E-state index contributed by atoms with van der Waals surface area (Å²) in [6.07, 6.45) is 5.63. The van der Waals surface area contributed by atoms with E-state index in [1.807, 2.05) is 30.4 Å². The predicted octanol–water partition coefficient (Wildman–Crippen LogP) is 3.86. The summed E-state index contributed by atoms with van der Waals surface area (Å²) in [5.74, 6) is 0. The van der Waals surface area contributed by atoms with Crippen LogP contribution in [0.3, 0.4) is 0 Å². The van der Waals surface area contributed by atoms with Gasteiger partial charge >= 0.3 is 7.41 Å². The normalized spacial score (nSPS) is 10.6. The van der Waals surface area contributed by atoms with Crippen molar-refractivity contribution < 1.29 is 0 Å². The average Bonchev–Trinajstić information content (AvgIpc) is 3.05. The second-order valence-corrected chi connectivity index (χ2v) is 6.19. The van der Waals surface area contributed by atoms with Crippen LogP contribution in [0.4, 0.5) is 0 Å². The van der Waals surface area contributed by atoms with E-state index in [2.05, 4.69) is 43.3 Å². The average molecular weight is 304 g/mol. The molecule has 2 aromatic heterocycles. The van der Waals surface area contributed by atoms with Crippen LogP contribution in [-0.2, 0) is 0 Å². The number of para-hydroxylation sites is 1. The third kappa shape index (κ3) is 2.26. The standard InChI is InChI=1S/C18H17BN2S/c1-5-13-12(4)21(16(7-3)14(13)6-2)19-18-20-15-10-8-9-11-17(15)22-18/h5-11,19H,1-3H2,4H3. The molecule has 0 bridgehead atoms. The summed E-state index contributed by atoms with van der Waals surface area (Å²) in [5, 5.41) is 0. The fourth-order valence-corrected chi connectivity index (χ4v) is 3.78. The largest absolute Gasteiger partial charge is 0.385 e. The highest BCUT2D eigenvalue weighted by atomic mass is 32.1. The van der Waals surface area contributed by atoms with E-state index in [0.717, 1.165) is 34.7 Å². The Morgan fingerprint density at radius 2 is 1.82 bits per heavy atom. The number of hydrogen-bond acceptors (Lipinski definition) is 2. The maximum absolute atomic E-state index is 4.73. The SMILES string of the molecule is C=Cc1c(C=C)c(C=C)n(Bc2nc3ccccc3s2)c1C. The van der Waals surface area contributed by atoms with E-state index in [-0.39, 0.29) is 0 Å². The molecule has 2 nitrogen and oxygen atoms in total. The molecule has 1 aromatic carbocycles. The number of fused-ring (bicyclic) bond motifs is 1. The Kier molecular flexibility index (Phi) is 3.86. The molecule has 0 aliphatic heterocycles. The first-order valence-corrected chi connectivity index (χ1v) is 7.96. The summed E-state index contributed by atoms with van der Waals surface area (Å²) in [7, 11) is 0.737. The second kappa shape index (κ2) is 5.81. The van der Waals surface area contributed by atoms with Crippen molar-refractivity contribution in [3.8, 4) is 0 Å². The maximum atomic E-state index is 4.73. The van der Waals surface area contributed by atoms with Crippen molar-refractivity contribution in [1.29, 1.82) is 0 Å². The highest BCUT2D eigenvalue weighted by Gasteiger charge is 2.17. The van der Waals surface area contributed by atoms with Gasteiger partial charge in [-0.15, -0.1) is 11.3 Å². The van der Waals surface area contributed by atoms with Gasteiger partial charge in [0.2, 0.25) is 0 Å². The minimum Gasteiger partial charge on any atom is -0.385 e. The molecule has 0 atom stereocenters. The lowest BCUT2D eigenvalue weighted by Gasteiger charge is -2.06. The van der Waals surface area contributed by atoms with Crippen molar-refractivity contribution in [2.45, 2.75) is 6.92 Å². The zero-order valence-corrected chi connectivity index (χ0v) is 13.5. The van der Waals surface area contributed by atoms with Crippen LogP contribution in [0, 0.1) is 6.92 Å². The van der Waals surface area contributed by atoms with E-state index in [4.69, 9.17) is 4.98 Å². The van der Waals surface area contributed by atoms with E-state index < -0.39 is 0 Å². The van der Waals surface area contributed by atoms with Crippen LogP contribution >= 0.6 is 11.3 Å². The summed E-state index contributed by atoms with van der Waals surface area (Å²) in [5.41, 5.74) is 5.50. The van der Waals surface area contributed by atoms with Crippen LogP contribution in [-0.4, -0.2) is 16.9 Å².